The van der Waals surface area contributed by atoms with Gasteiger partial charge in [0, 0.05) is 26.2 Å². The van der Waals surface area contributed by atoms with E-state index in [9.17, 15) is 0 Å². The van der Waals surface area contributed by atoms with Gasteiger partial charge in [-0.2, -0.15) is 0 Å². The second-order valence-electron chi connectivity index (χ2n) is 5.37. The summed E-state index contributed by atoms with van der Waals surface area (Å²) >= 11 is 1.56. The molecular formula is C14H25N5S. The number of thioether (sulfide) groups is 1. The third kappa shape index (κ3) is 4.52. The molecule has 1 saturated heterocycles. The van der Waals surface area contributed by atoms with Gasteiger partial charge in [0.05, 0.1) is 0 Å². The molecule has 1 aromatic heterocycles. The molecule has 1 aromatic rings. The van der Waals surface area contributed by atoms with Crippen molar-refractivity contribution in [3.05, 3.63) is 6.07 Å². The summed E-state index contributed by atoms with van der Waals surface area (Å²) < 4.78 is 0. The van der Waals surface area contributed by atoms with Gasteiger partial charge in [0.1, 0.15) is 11.6 Å². The number of rotatable bonds is 7. The van der Waals surface area contributed by atoms with Crippen LogP contribution in [-0.2, 0) is 0 Å². The van der Waals surface area contributed by atoms with Crippen LogP contribution in [0.2, 0.25) is 0 Å². The van der Waals surface area contributed by atoms with E-state index in [1.54, 1.807) is 11.8 Å². The van der Waals surface area contributed by atoms with Crippen molar-refractivity contribution in [2.45, 2.75) is 24.9 Å². The van der Waals surface area contributed by atoms with E-state index in [0.717, 1.165) is 23.3 Å². The summed E-state index contributed by atoms with van der Waals surface area (Å²) in [5.41, 5.74) is 0. The van der Waals surface area contributed by atoms with Crippen molar-refractivity contribution in [1.82, 2.24) is 14.9 Å². The number of nitrogens with one attached hydrogen (secondary N) is 2. The Hall–Kier alpha value is -1.01. The van der Waals surface area contributed by atoms with Crippen molar-refractivity contribution >= 4 is 23.4 Å². The number of likely N-dealkylation sites (tertiary alicyclic amines) is 1. The molecule has 0 saturated carbocycles. The van der Waals surface area contributed by atoms with Crippen molar-refractivity contribution in [2.24, 2.45) is 5.92 Å². The van der Waals surface area contributed by atoms with Crippen molar-refractivity contribution in [2.75, 3.05) is 50.1 Å². The summed E-state index contributed by atoms with van der Waals surface area (Å²) in [6, 6.07) is 1.96. The fourth-order valence-corrected chi connectivity index (χ4v) is 2.86. The normalized spacial score (nSPS) is 17.1. The van der Waals surface area contributed by atoms with E-state index in [2.05, 4.69) is 32.4 Å². The van der Waals surface area contributed by atoms with Gasteiger partial charge in [0.15, 0.2) is 5.16 Å². The van der Waals surface area contributed by atoms with Crippen molar-refractivity contribution in [3.8, 4) is 0 Å². The molecule has 1 fully saturated rings. The van der Waals surface area contributed by atoms with E-state index < -0.39 is 0 Å². The van der Waals surface area contributed by atoms with E-state index >= 15 is 0 Å². The first-order chi connectivity index (χ1) is 9.71. The topological polar surface area (TPSA) is 53.1 Å². The van der Waals surface area contributed by atoms with Crippen LogP contribution in [0.3, 0.4) is 0 Å². The SMILES string of the molecule is CNc1cc(NCC(C)CN2CCCC2)nc(SC)n1. The summed E-state index contributed by atoms with van der Waals surface area (Å²) in [6.45, 7) is 6.94. The lowest BCUT2D eigenvalue weighted by atomic mass is 10.1. The van der Waals surface area contributed by atoms with Gasteiger partial charge in [-0.15, -0.1) is 0 Å². The minimum absolute atomic E-state index is 0.624. The third-order valence-corrected chi connectivity index (χ3v) is 4.09. The van der Waals surface area contributed by atoms with Crippen LogP contribution < -0.4 is 10.6 Å². The Balaban J connectivity index is 1.85. The molecule has 6 heteroatoms. The van der Waals surface area contributed by atoms with Crippen LogP contribution in [0.15, 0.2) is 11.2 Å². The summed E-state index contributed by atoms with van der Waals surface area (Å²) in [5, 5.41) is 7.31. The highest BCUT2D eigenvalue weighted by atomic mass is 32.2. The zero-order valence-corrected chi connectivity index (χ0v) is 13.5. The molecule has 5 nitrogen and oxygen atoms in total. The van der Waals surface area contributed by atoms with Crippen LogP contribution in [0.1, 0.15) is 19.8 Å². The molecule has 0 aliphatic carbocycles. The van der Waals surface area contributed by atoms with Crippen LogP contribution in [0.5, 0.6) is 0 Å². The first kappa shape index (κ1) is 15.4. The Morgan fingerprint density at radius 3 is 2.65 bits per heavy atom. The Morgan fingerprint density at radius 2 is 2.00 bits per heavy atom. The summed E-state index contributed by atoms with van der Waals surface area (Å²) in [7, 11) is 1.88. The van der Waals surface area contributed by atoms with Crippen LogP contribution in [0, 0.1) is 5.92 Å². The standard InChI is InChI=1S/C14H25N5S/c1-11(10-19-6-4-5-7-19)9-16-13-8-12(15-2)17-14(18-13)20-3/h8,11H,4-7,9-10H2,1-3H3,(H2,15,16,17,18). The summed E-state index contributed by atoms with van der Waals surface area (Å²) in [4.78, 5) is 11.4. The molecule has 0 aromatic carbocycles. The molecule has 0 amide bonds. The number of hydrogen-bond donors (Lipinski definition) is 2. The second kappa shape index (κ2) is 7.69. The van der Waals surface area contributed by atoms with Crippen molar-refractivity contribution < 1.29 is 0 Å². The molecule has 20 heavy (non-hydrogen) atoms. The zero-order valence-electron chi connectivity index (χ0n) is 12.6. The largest absolute Gasteiger partial charge is 0.373 e. The first-order valence-corrected chi connectivity index (χ1v) is 8.50. The van der Waals surface area contributed by atoms with E-state index in [0.29, 0.717) is 5.92 Å². The van der Waals surface area contributed by atoms with Crippen LogP contribution in [0.25, 0.3) is 0 Å². The minimum atomic E-state index is 0.624. The first-order valence-electron chi connectivity index (χ1n) is 7.28. The molecule has 0 spiro atoms. The zero-order chi connectivity index (χ0) is 14.4. The van der Waals surface area contributed by atoms with Gasteiger partial charge in [-0.1, -0.05) is 18.7 Å². The fraction of sp³-hybridized carbons (Fsp3) is 0.714. The van der Waals surface area contributed by atoms with Gasteiger partial charge >= 0.3 is 0 Å². The highest BCUT2D eigenvalue weighted by molar-refractivity contribution is 7.98. The lowest BCUT2D eigenvalue weighted by molar-refractivity contribution is 0.294. The fourth-order valence-electron chi connectivity index (χ4n) is 2.48. The summed E-state index contributed by atoms with van der Waals surface area (Å²) in [5.74, 6) is 2.39. The number of nitrogens with zero attached hydrogens (tertiary/aromatic N) is 3. The summed E-state index contributed by atoms with van der Waals surface area (Å²) in [6.07, 6.45) is 4.71. The van der Waals surface area contributed by atoms with E-state index in [1.807, 2.05) is 19.4 Å². The smallest absolute Gasteiger partial charge is 0.191 e. The molecule has 1 unspecified atom stereocenters. The minimum Gasteiger partial charge on any atom is -0.373 e. The van der Waals surface area contributed by atoms with Gasteiger partial charge in [-0.25, -0.2) is 9.97 Å². The van der Waals surface area contributed by atoms with Crippen LogP contribution >= 0.6 is 11.8 Å². The van der Waals surface area contributed by atoms with Gasteiger partial charge in [-0.05, 0) is 38.1 Å². The molecule has 112 valence electrons. The molecule has 2 rings (SSSR count). The van der Waals surface area contributed by atoms with Gasteiger partial charge in [0.25, 0.3) is 0 Å². The highest BCUT2D eigenvalue weighted by Gasteiger charge is 2.14. The Morgan fingerprint density at radius 1 is 1.30 bits per heavy atom. The van der Waals surface area contributed by atoms with Crippen LogP contribution in [-0.4, -0.2) is 54.4 Å². The molecule has 1 aliphatic rings. The lowest BCUT2D eigenvalue weighted by Crippen LogP contribution is -2.29. The van der Waals surface area contributed by atoms with Gasteiger partial charge < -0.3 is 15.5 Å². The molecule has 2 heterocycles. The number of aromatic nitrogens is 2. The van der Waals surface area contributed by atoms with Gasteiger partial charge in [0.2, 0.25) is 0 Å². The Labute approximate surface area is 125 Å². The van der Waals surface area contributed by atoms with E-state index in [1.165, 1.54) is 32.5 Å². The second-order valence-corrected chi connectivity index (χ2v) is 6.14. The average Bonchev–Trinajstić information content (AvgIpc) is 2.97. The monoisotopic (exact) mass is 295 g/mol. The van der Waals surface area contributed by atoms with Crippen molar-refractivity contribution in [1.29, 1.82) is 0 Å². The van der Waals surface area contributed by atoms with Gasteiger partial charge in [-0.3, -0.25) is 0 Å². The quantitative estimate of drug-likeness (QED) is 0.595. The van der Waals surface area contributed by atoms with E-state index in [4.69, 9.17) is 0 Å². The predicted octanol–water partition coefficient (Wildman–Crippen LogP) is 2.38. The molecular weight excluding hydrogens is 270 g/mol. The number of anilines is 2. The maximum absolute atomic E-state index is 4.49. The van der Waals surface area contributed by atoms with Crippen molar-refractivity contribution in [3.63, 3.8) is 0 Å². The molecule has 0 radical (unpaired) electrons. The van der Waals surface area contributed by atoms with E-state index in [-0.39, 0.29) is 0 Å². The Bertz CT molecular complexity index is 398. The molecule has 2 N–H and O–H groups in total. The lowest BCUT2D eigenvalue weighted by Gasteiger charge is -2.20. The highest BCUT2D eigenvalue weighted by Crippen LogP contribution is 2.17. The molecule has 0 bridgehead atoms. The third-order valence-electron chi connectivity index (χ3n) is 3.54. The number of hydrogen-bond acceptors (Lipinski definition) is 6. The maximum Gasteiger partial charge on any atom is 0.191 e. The predicted molar refractivity (Wildman–Crippen MR) is 86.7 cm³/mol. The average molecular weight is 295 g/mol. The molecule has 1 aliphatic heterocycles. The molecule has 1 atom stereocenters. The maximum atomic E-state index is 4.49. The van der Waals surface area contributed by atoms with Crippen LogP contribution in [0.4, 0.5) is 11.6 Å². The Kier molecular flexibility index (Phi) is 5.91.